The van der Waals surface area contributed by atoms with Gasteiger partial charge in [0.2, 0.25) is 0 Å². The number of aromatic nitrogens is 3. The number of pyridine rings is 1. The second-order valence-corrected chi connectivity index (χ2v) is 5.62. The van der Waals surface area contributed by atoms with Crippen molar-refractivity contribution in [3.8, 4) is 0 Å². The Morgan fingerprint density at radius 2 is 2.00 bits per heavy atom. The molecule has 3 aromatic rings. The average molecular weight is 293 g/mol. The number of hydrogen-bond donors (Lipinski definition) is 0. The van der Waals surface area contributed by atoms with Gasteiger partial charge in [0.05, 0.1) is 5.52 Å². The fourth-order valence-corrected chi connectivity index (χ4v) is 3.14. The number of rotatable bonds is 3. The maximum atomic E-state index is 4.87. The minimum Gasteiger partial charge on any atom is -0.352 e. The Hall–Kier alpha value is -2.40. The molecule has 112 valence electrons. The third-order valence-electron chi connectivity index (χ3n) is 4.26. The van der Waals surface area contributed by atoms with Crippen molar-refractivity contribution in [2.45, 2.75) is 0 Å². The van der Waals surface area contributed by atoms with E-state index >= 15 is 0 Å². The van der Waals surface area contributed by atoms with Crippen molar-refractivity contribution < 1.29 is 0 Å². The number of nitrogens with zero attached hydrogens (tertiary/aromatic N) is 5. The quantitative estimate of drug-likeness (QED) is 0.694. The molecule has 0 spiro atoms. The van der Waals surface area contributed by atoms with Crippen LogP contribution in [0.1, 0.15) is 0 Å². The van der Waals surface area contributed by atoms with Crippen molar-refractivity contribution in [2.75, 3.05) is 37.6 Å². The molecular formula is C17H19N5. The molecule has 0 atom stereocenters. The van der Waals surface area contributed by atoms with Gasteiger partial charge in [-0.15, -0.1) is 6.58 Å². The van der Waals surface area contributed by atoms with Crippen LogP contribution >= 0.6 is 0 Å². The summed E-state index contributed by atoms with van der Waals surface area (Å²) in [7, 11) is 0. The summed E-state index contributed by atoms with van der Waals surface area (Å²) in [6.07, 6.45) is 5.85. The average Bonchev–Trinajstić information content (AvgIpc) is 3.05. The van der Waals surface area contributed by atoms with Crippen LogP contribution < -0.4 is 4.90 Å². The third kappa shape index (κ3) is 2.14. The summed E-state index contributed by atoms with van der Waals surface area (Å²) in [5.74, 6) is 1.06. The summed E-state index contributed by atoms with van der Waals surface area (Å²) in [6.45, 7) is 8.87. The van der Waals surface area contributed by atoms with Crippen LogP contribution in [0.25, 0.3) is 16.7 Å². The van der Waals surface area contributed by atoms with Crippen LogP contribution in [-0.4, -0.2) is 52.0 Å². The zero-order valence-electron chi connectivity index (χ0n) is 12.5. The Bertz CT molecular complexity index is 814. The van der Waals surface area contributed by atoms with Gasteiger partial charge in [-0.3, -0.25) is 9.30 Å². The molecule has 0 aliphatic carbocycles. The van der Waals surface area contributed by atoms with Crippen molar-refractivity contribution in [2.24, 2.45) is 0 Å². The fraction of sp³-hybridized carbons (Fsp3) is 0.294. The van der Waals surface area contributed by atoms with Crippen LogP contribution in [0.5, 0.6) is 0 Å². The van der Waals surface area contributed by atoms with Crippen molar-refractivity contribution >= 4 is 22.5 Å². The second-order valence-electron chi connectivity index (χ2n) is 5.62. The first-order chi connectivity index (χ1) is 10.9. The minimum absolute atomic E-state index is 0.913. The molecule has 1 saturated heterocycles. The molecule has 0 bridgehead atoms. The lowest BCUT2D eigenvalue weighted by atomic mass is 10.3. The van der Waals surface area contributed by atoms with Crippen LogP contribution in [0.4, 0.5) is 5.82 Å². The Balaban J connectivity index is 1.74. The molecule has 4 rings (SSSR count). The molecule has 0 amide bonds. The summed E-state index contributed by atoms with van der Waals surface area (Å²) in [5, 5.41) is 0. The Labute approximate surface area is 129 Å². The van der Waals surface area contributed by atoms with Gasteiger partial charge in [-0.1, -0.05) is 6.08 Å². The molecular weight excluding hydrogens is 274 g/mol. The molecule has 0 saturated carbocycles. The van der Waals surface area contributed by atoms with Gasteiger partial charge < -0.3 is 4.90 Å². The molecule has 22 heavy (non-hydrogen) atoms. The largest absolute Gasteiger partial charge is 0.352 e. The first-order valence-electron chi connectivity index (χ1n) is 7.67. The molecule has 5 nitrogen and oxygen atoms in total. The van der Waals surface area contributed by atoms with E-state index in [9.17, 15) is 0 Å². The maximum absolute atomic E-state index is 4.87. The van der Waals surface area contributed by atoms with Gasteiger partial charge in [0.25, 0.3) is 0 Å². The van der Waals surface area contributed by atoms with E-state index in [2.05, 4.69) is 44.1 Å². The van der Waals surface area contributed by atoms with Gasteiger partial charge in [-0.2, -0.15) is 0 Å². The highest BCUT2D eigenvalue weighted by molar-refractivity contribution is 5.82. The number of hydrogen-bond acceptors (Lipinski definition) is 4. The number of fused-ring (bicyclic) bond motifs is 3. The first kappa shape index (κ1) is 13.3. The lowest BCUT2D eigenvalue weighted by molar-refractivity contribution is 0.284. The van der Waals surface area contributed by atoms with Gasteiger partial charge in [0.15, 0.2) is 11.5 Å². The fourth-order valence-electron chi connectivity index (χ4n) is 3.14. The van der Waals surface area contributed by atoms with E-state index < -0.39 is 0 Å². The highest BCUT2D eigenvalue weighted by Gasteiger charge is 2.20. The van der Waals surface area contributed by atoms with Gasteiger partial charge in [0.1, 0.15) is 5.52 Å². The van der Waals surface area contributed by atoms with E-state index in [4.69, 9.17) is 4.98 Å². The van der Waals surface area contributed by atoms with Gasteiger partial charge >= 0.3 is 0 Å². The Morgan fingerprint density at radius 1 is 1.14 bits per heavy atom. The summed E-state index contributed by atoms with van der Waals surface area (Å²) < 4.78 is 2.13. The molecule has 0 unspecified atom stereocenters. The van der Waals surface area contributed by atoms with E-state index in [1.165, 1.54) is 0 Å². The first-order valence-corrected chi connectivity index (χ1v) is 7.67. The van der Waals surface area contributed by atoms with Crippen molar-refractivity contribution in [3.63, 3.8) is 0 Å². The van der Waals surface area contributed by atoms with E-state index in [-0.39, 0.29) is 0 Å². The molecule has 5 heteroatoms. The van der Waals surface area contributed by atoms with E-state index in [1.54, 1.807) is 0 Å². The van der Waals surface area contributed by atoms with E-state index in [0.29, 0.717) is 0 Å². The normalized spacial score (nSPS) is 16.5. The van der Waals surface area contributed by atoms with Crippen LogP contribution in [0.15, 0.2) is 49.3 Å². The van der Waals surface area contributed by atoms with Gasteiger partial charge in [-0.25, -0.2) is 9.97 Å². The molecule has 0 aromatic carbocycles. The summed E-state index contributed by atoms with van der Waals surface area (Å²) in [4.78, 5) is 14.1. The third-order valence-corrected chi connectivity index (χ3v) is 4.26. The van der Waals surface area contributed by atoms with Crippen molar-refractivity contribution in [1.82, 2.24) is 19.3 Å². The predicted molar refractivity (Wildman–Crippen MR) is 89.3 cm³/mol. The van der Waals surface area contributed by atoms with E-state index in [1.807, 2.05) is 24.4 Å². The van der Waals surface area contributed by atoms with Crippen molar-refractivity contribution in [1.29, 1.82) is 0 Å². The summed E-state index contributed by atoms with van der Waals surface area (Å²) in [5.41, 5.74) is 2.98. The Kier molecular flexibility index (Phi) is 3.27. The lowest BCUT2D eigenvalue weighted by Gasteiger charge is -2.35. The molecule has 0 N–H and O–H groups in total. The highest BCUT2D eigenvalue weighted by Crippen LogP contribution is 2.25. The molecule has 4 heterocycles. The minimum atomic E-state index is 0.913. The highest BCUT2D eigenvalue weighted by atomic mass is 15.3. The molecule has 3 aromatic heterocycles. The number of piperazine rings is 1. The zero-order valence-corrected chi connectivity index (χ0v) is 12.5. The monoisotopic (exact) mass is 293 g/mol. The van der Waals surface area contributed by atoms with Crippen LogP contribution in [0, 0.1) is 0 Å². The summed E-state index contributed by atoms with van der Waals surface area (Å²) >= 11 is 0. The number of anilines is 1. The SMILES string of the molecule is C=CCN1CCN(c2nc3cccnc3n3cccc23)CC1. The second kappa shape index (κ2) is 5.42. The molecule has 1 fully saturated rings. The molecule has 0 radical (unpaired) electrons. The zero-order chi connectivity index (χ0) is 14.9. The van der Waals surface area contributed by atoms with Gasteiger partial charge in [0, 0.05) is 45.1 Å². The standard InChI is InChI=1S/C17H19N5/c1-2-8-20-10-12-21(13-11-20)17-15-6-4-9-22(15)16-14(19-17)5-3-7-18-16/h2-7,9H,1,8,10-13H2. The maximum Gasteiger partial charge on any atom is 0.163 e. The predicted octanol–water partition coefficient (Wildman–Crippen LogP) is 2.19. The van der Waals surface area contributed by atoms with Crippen molar-refractivity contribution in [3.05, 3.63) is 49.3 Å². The topological polar surface area (TPSA) is 36.7 Å². The Morgan fingerprint density at radius 3 is 2.82 bits per heavy atom. The lowest BCUT2D eigenvalue weighted by Crippen LogP contribution is -2.46. The molecule has 1 aliphatic heterocycles. The molecule has 1 aliphatic rings. The van der Waals surface area contributed by atoms with E-state index in [0.717, 1.165) is 55.2 Å². The van der Waals surface area contributed by atoms with Gasteiger partial charge in [-0.05, 0) is 24.3 Å². The smallest absolute Gasteiger partial charge is 0.163 e. The summed E-state index contributed by atoms with van der Waals surface area (Å²) in [6, 6.07) is 8.14. The van der Waals surface area contributed by atoms with Crippen LogP contribution in [0.3, 0.4) is 0 Å². The van der Waals surface area contributed by atoms with Crippen LogP contribution in [0.2, 0.25) is 0 Å². The van der Waals surface area contributed by atoms with Crippen LogP contribution in [-0.2, 0) is 0 Å².